The first-order valence-corrected chi connectivity index (χ1v) is 7.97. The first kappa shape index (κ1) is 15.8. The summed E-state index contributed by atoms with van der Waals surface area (Å²) in [5, 5.41) is 19.4. The summed E-state index contributed by atoms with van der Waals surface area (Å²) in [6.45, 7) is 0.417. The Hall–Kier alpha value is -3.74. The van der Waals surface area contributed by atoms with E-state index in [1.807, 2.05) is 35.2 Å². The molecule has 0 bridgehead atoms. The molecule has 2 heterocycles. The fraction of sp³-hybridized carbons (Fsp3) is 0.0526. The Morgan fingerprint density at radius 1 is 0.808 bits per heavy atom. The number of para-hydroxylation sites is 1. The molecule has 0 atom stereocenters. The minimum Gasteiger partial charge on any atom is -0.504 e. The predicted octanol–water partition coefficient (Wildman–Crippen LogP) is 3.17. The van der Waals surface area contributed by atoms with Crippen LogP contribution in [0.25, 0.3) is 11.2 Å². The number of benzene rings is 2. The van der Waals surface area contributed by atoms with Crippen molar-refractivity contribution in [2.75, 3.05) is 4.90 Å². The maximum Gasteiger partial charge on any atom is 0.183 e. The summed E-state index contributed by atoms with van der Waals surface area (Å²) in [7, 11) is 0. The second-order valence-electron chi connectivity index (χ2n) is 5.67. The smallest absolute Gasteiger partial charge is 0.183 e. The third kappa shape index (κ3) is 2.98. The molecule has 0 saturated heterocycles. The van der Waals surface area contributed by atoms with Crippen molar-refractivity contribution in [2.45, 2.75) is 6.54 Å². The van der Waals surface area contributed by atoms with Crippen LogP contribution < -0.4 is 4.90 Å². The van der Waals surface area contributed by atoms with E-state index in [1.165, 1.54) is 18.5 Å². The van der Waals surface area contributed by atoms with Crippen LogP contribution in [0.3, 0.4) is 0 Å². The Bertz CT molecular complexity index is 1050. The fourth-order valence-corrected chi connectivity index (χ4v) is 2.73. The quantitative estimate of drug-likeness (QED) is 0.548. The largest absolute Gasteiger partial charge is 0.504 e. The van der Waals surface area contributed by atoms with Crippen molar-refractivity contribution < 1.29 is 10.2 Å². The number of rotatable bonds is 4. The zero-order valence-corrected chi connectivity index (χ0v) is 13.7. The molecule has 128 valence electrons. The van der Waals surface area contributed by atoms with Gasteiger partial charge in [0.05, 0.1) is 0 Å². The van der Waals surface area contributed by atoms with Gasteiger partial charge >= 0.3 is 0 Å². The summed E-state index contributed by atoms with van der Waals surface area (Å²) in [6, 6.07) is 14.5. The van der Waals surface area contributed by atoms with E-state index in [1.54, 1.807) is 18.5 Å². The molecule has 0 aliphatic heterocycles. The van der Waals surface area contributed by atoms with Gasteiger partial charge in [-0.05, 0) is 29.8 Å². The van der Waals surface area contributed by atoms with Crippen LogP contribution in [0.4, 0.5) is 11.5 Å². The number of aromatic hydroxyl groups is 2. The summed E-state index contributed by atoms with van der Waals surface area (Å²) < 4.78 is 0. The zero-order chi connectivity index (χ0) is 17.9. The number of aromatic nitrogens is 4. The molecule has 0 aliphatic rings. The molecule has 2 aromatic carbocycles. The van der Waals surface area contributed by atoms with E-state index in [4.69, 9.17) is 0 Å². The SMILES string of the molecule is Oc1ccc(CN(c2ccccc2)c2ncnc3nccnc23)cc1O. The summed E-state index contributed by atoms with van der Waals surface area (Å²) in [5.41, 5.74) is 2.80. The second kappa shape index (κ2) is 6.64. The molecule has 0 amide bonds. The highest BCUT2D eigenvalue weighted by molar-refractivity contribution is 5.85. The summed E-state index contributed by atoms with van der Waals surface area (Å²) in [5.74, 6) is 0.295. The lowest BCUT2D eigenvalue weighted by molar-refractivity contribution is 0.403. The summed E-state index contributed by atoms with van der Waals surface area (Å²) >= 11 is 0. The Labute approximate surface area is 149 Å². The van der Waals surface area contributed by atoms with Crippen molar-refractivity contribution in [1.29, 1.82) is 0 Å². The van der Waals surface area contributed by atoms with Gasteiger partial charge in [-0.1, -0.05) is 24.3 Å². The van der Waals surface area contributed by atoms with Crippen LogP contribution in [0.1, 0.15) is 5.56 Å². The van der Waals surface area contributed by atoms with Crippen molar-refractivity contribution in [3.05, 3.63) is 72.8 Å². The number of hydrogen-bond acceptors (Lipinski definition) is 7. The maximum atomic E-state index is 9.81. The minimum absolute atomic E-state index is 0.154. The molecule has 0 saturated carbocycles. The Morgan fingerprint density at radius 2 is 1.62 bits per heavy atom. The van der Waals surface area contributed by atoms with Gasteiger partial charge in [0.1, 0.15) is 6.33 Å². The summed E-state index contributed by atoms with van der Waals surface area (Å²) in [4.78, 5) is 19.2. The molecule has 0 fully saturated rings. The Balaban J connectivity index is 1.84. The first-order chi connectivity index (χ1) is 12.7. The molecule has 7 nitrogen and oxygen atoms in total. The number of fused-ring (bicyclic) bond motifs is 1. The van der Waals surface area contributed by atoms with Crippen LogP contribution in [0.2, 0.25) is 0 Å². The molecule has 2 aromatic heterocycles. The van der Waals surface area contributed by atoms with Gasteiger partial charge in [-0.25, -0.2) is 19.9 Å². The standard InChI is InChI=1S/C19H15N5O2/c25-15-7-6-13(10-16(15)26)11-24(14-4-2-1-3-5-14)19-17-18(22-12-23-19)21-9-8-20-17/h1-10,12,25-26H,11H2. The van der Waals surface area contributed by atoms with E-state index in [2.05, 4.69) is 19.9 Å². The molecule has 4 aromatic rings. The molecule has 0 unspecified atom stereocenters. The topological polar surface area (TPSA) is 95.3 Å². The average molecular weight is 345 g/mol. The van der Waals surface area contributed by atoms with E-state index in [-0.39, 0.29) is 11.5 Å². The van der Waals surface area contributed by atoms with Gasteiger partial charge in [0.2, 0.25) is 0 Å². The van der Waals surface area contributed by atoms with E-state index in [0.717, 1.165) is 11.3 Å². The molecule has 26 heavy (non-hydrogen) atoms. The zero-order valence-electron chi connectivity index (χ0n) is 13.7. The number of nitrogens with zero attached hydrogens (tertiary/aromatic N) is 5. The summed E-state index contributed by atoms with van der Waals surface area (Å²) in [6.07, 6.45) is 4.64. The van der Waals surface area contributed by atoms with Gasteiger partial charge < -0.3 is 15.1 Å². The van der Waals surface area contributed by atoms with Gasteiger partial charge in [0.15, 0.2) is 28.5 Å². The molecule has 7 heteroatoms. The number of anilines is 2. The Morgan fingerprint density at radius 3 is 2.42 bits per heavy atom. The molecule has 2 N–H and O–H groups in total. The van der Waals surface area contributed by atoms with Crippen molar-refractivity contribution in [2.24, 2.45) is 0 Å². The van der Waals surface area contributed by atoms with E-state index >= 15 is 0 Å². The van der Waals surface area contributed by atoms with Gasteiger partial charge in [-0.3, -0.25) is 0 Å². The molecule has 0 aliphatic carbocycles. The molecular weight excluding hydrogens is 330 g/mol. The monoisotopic (exact) mass is 345 g/mol. The van der Waals surface area contributed by atoms with E-state index in [0.29, 0.717) is 23.5 Å². The predicted molar refractivity (Wildman–Crippen MR) is 97.2 cm³/mol. The third-order valence-corrected chi connectivity index (χ3v) is 3.95. The molecule has 0 spiro atoms. The second-order valence-corrected chi connectivity index (χ2v) is 5.67. The molecule has 0 radical (unpaired) electrons. The van der Waals surface area contributed by atoms with Crippen molar-refractivity contribution in [3.63, 3.8) is 0 Å². The van der Waals surface area contributed by atoms with Crippen LogP contribution in [0.15, 0.2) is 67.3 Å². The van der Waals surface area contributed by atoms with Crippen LogP contribution in [0, 0.1) is 0 Å². The third-order valence-electron chi connectivity index (χ3n) is 3.95. The van der Waals surface area contributed by atoms with Crippen LogP contribution in [-0.2, 0) is 6.54 Å². The fourth-order valence-electron chi connectivity index (χ4n) is 2.73. The van der Waals surface area contributed by atoms with Crippen molar-refractivity contribution in [1.82, 2.24) is 19.9 Å². The lowest BCUT2D eigenvalue weighted by Gasteiger charge is -2.24. The lowest BCUT2D eigenvalue weighted by atomic mass is 10.1. The number of phenolic OH excluding ortho intramolecular Hbond substituents is 2. The van der Waals surface area contributed by atoms with Gasteiger partial charge in [-0.15, -0.1) is 0 Å². The highest BCUT2D eigenvalue weighted by atomic mass is 16.3. The van der Waals surface area contributed by atoms with Crippen LogP contribution in [0.5, 0.6) is 11.5 Å². The number of hydrogen-bond donors (Lipinski definition) is 2. The normalized spacial score (nSPS) is 10.8. The Kier molecular flexibility index (Phi) is 4.03. The van der Waals surface area contributed by atoms with E-state index in [9.17, 15) is 10.2 Å². The van der Waals surface area contributed by atoms with E-state index < -0.39 is 0 Å². The van der Waals surface area contributed by atoms with Crippen molar-refractivity contribution >= 4 is 22.7 Å². The number of phenols is 2. The maximum absolute atomic E-state index is 9.81. The van der Waals surface area contributed by atoms with Gasteiger partial charge in [-0.2, -0.15) is 0 Å². The highest BCUT2D eigenvalue weighted by Crippen LogP contribution is 2.31. The van der Waals surface area contributed by atoms with Crippen LogP contribution in [-0.4, -0.2) is 30.1 Å². The molecular formula is C19H15N5O2. The minimum atomic E-state index is -0.164. The lowest BCUT2D eigenvalue weighted by Crippen LogP contribution is -2.18. The highest BCUT2D eigenvalue weighted by Gasteiger charge is 2.17. The van der Waals surface area contributed by atoms with Gasteiger partial charge in [0, 0.05) is 24.6 Å². The average Bonchev–Trinajstić information content (AvgIpc) is 2.69. The first-order valence-electron chi connectivity index (χ1n) is 7.97. The van der Waals surface area contributed by atoms with Crippen molar-refractivity contribution in [3.8, 4) is 11.5 Å². The van der Waals surface area contributed by atoms with Gasteiger partial charge in [0.25, 0.3) is 0 Å². The molecule has 4 rings (SSSR count). The van der Waals surface area contributed by atoms with Crippen LogP contribution >= 0.6 is 0 Å².